The van der Waals surface area contributed by atoms with Gasteiger partial charge in [0.1, 0.15) is 24.7 Å². The van der Waals surface area contributed by atoms with Gasteiger partial charge in [0, 0.05) is 5.56 Å². The van der Waals surface area contributed by atoms with Crippen molar-refractivity contribution in [2.45, 2.75) is 13.8 Å². The average molecular weight is 203 g/mol. The molecule has 0 amide bonds. The van der Waals surface area contributed by atoms with E-state index in [0.717, 1.165) is 17.0 Å². The highest BCUT2D eigenvalue weighted by Gasteiger charge is 2.33. The lowest BCUT2D eigenvalue weighted by Gasteiger charge is -2.24. The Morgan fingerprint density at radius 1 is 1.20 bits per heavy atom. The summed E-state index contributed by atoms with van der Waals surface area (Å²) in [6, 6.07) is 4.20. The van der Waals surface area contributed by atoms with Gasteiger partial charge in [0.2, 0.25) is 0 Å². The lowest BCUT2D eigenvalue weighted by Crippen LogP contribution is -2.28. The van der Waals surface area contributed by atoms with E-state index >= 15 is 0 Å². The average Bonchev–Trinajstić information content (AvgIpc) is 2.70. The maximum absolute atomic E-state index is 5.79. The van der Waals surface area contributed by atoms with Crippen LogP contribution in [0, 0.1) is 19.8 Å². The number of oxime groups is 1. The van der Waals surface area contributed by atoms with E-state index < -0.39 is 0 Å². The Morgan fingerprint density at radius 2 is 2.00 bits per heavy atom. The van der Waals surface area contributed by atoms with E-state index in [2.05, 4.69) is 31.1 Å². The first-order chi connectivity index (χ1) is 7.27. The van der Waals surface area contributed by atoms with E-state index in [-0.39, 0.29) is 0 Å². The molecule has 2 aliphatic rings. The summed E-state index contributed by atoms with van der Waals surface area (Å²) in [6.07, 6.45) is 0. The normalized spacial score (nSPS) is 22.3. The second-order valence-electron chi connectivity index (χ2n) is 4.18. The molecule has 0 spiro atoms. The molecule has 2 heterocycles. The van der Waals surface area contributed by atoms with Crippen LogP contribution in [-0.4, -0.2) is 18.9 Å². The Bertz CT molecular complexity index is 451. The number of rotatable bonds is 0. The third-order valence-corrected chi connectivity index (χ3v) is 3.07. The molecule has 0 fully saturated rings. The minimum Gasteiger partial charge on any atom is -0.492 e. The predicted molar refractivity (Wildman–Crippen MR) is 57.4 cm³/mol. The summed E-state index contributed by atoms with van der Waals surface area (Å²) in [5, 5.41) is 4.14. The number of hydrogen-bond acceptors (Lipinski definition) is 3. The van der Waals surface area contributed by atoms with Crippen molar-refractivity contribution in [3.05, 3.63) is 28.8 Å². The molecule has 3 nitrogen and oxygen atoms in total. The Balaban J connectivity index is 2.24. The Kier molecular flexibility index (Phi) is 1.75. The van der Waals surface area contributed by atoms with Crippen molar-refractivity contribution < 1.29 is 9.57 Å². The van der Waals surface area contributed by atoms with E-state index in [9.17, 15) is 0 Å². The van der Waals surface area contributed by atoms with E-state index in [1.807, 2.05) is 0 Å². The molecule has 0 saturated carbocycles. The molecule has 3 rings (SSSR count). The minimum absolute atomic E-state index is 0.318. The largest absolute Gasteiger partial charge is 0.492 e. The van der Waals surface area contributed by atoms with Crippen LogP contribution in [0.2, 0.25) is 0 Å². The molecule has 0 aromatic heterocycles. The van der Waals surface area contributed by atoms with Gasteiger partial charge in [0.15, 0.2) is 0 Å². The maximum atomic E-state index is 5.79. The van der Waals surface area contributed by atoms with Gasteiger partial charge in [-0.1, -0.05) is 17.3 Å². The second kappa shape index (κ2) is 2.99. The molecular weight excluding hydrogens is 190 g/mol. The van der Waals surface area contributed by atoms with Crippen LogP contribution in [0.5, 0.6) is 5.75 Å². The second-order valence-corrected chi connectivity index (χ2v) is 4.18. The van der Waals surface area contributed by atoms with Gasteiger partial charge < -0.3 is 9.57 Å². The smallest absolute Gasteiger partial charge is 0.131 e. The number of aryl methyl sites for hydroxylation is 2. The Labute approximate surface area is 88.7 Å². The van der Waals surface area contributed by atoms with Gasteiger partial charge in [-0.05, 0) is 25.0 Å². The first kappa shape index (κ1) is 8.77. The zero-order chi connectivity index (χ0) is 10.4. The molecule has 0 radical (unpaired) electrons. The Hall–Kier alpha value is -1.51. The van der Waals surface area contributed by atoms with Crippen molar-refractivity contribution in [3.63, 3.8) is 0 Å². The zero-order valence-corrected chi connectivity index (χ0v) is 8.91. The molecule has 1 unspecified atom stereocenters. The first-order valence-corrected chi connectivity index (χ1v) is 5.20. The molecule has 0 saturated heterocycles. The molecule has 2 aliphatic heterocycles. The van der Waals surface area contributed by atoms with Crippen LogP contribution in [0.3, 0.4) is 0 Å². The molecule has 0 bridgehead atoms. The molecule has 1 atom stereocenters. The van der Waals surface area contributed by atoms with Crippen LogP contribution in [0.1, 0.15) is 16.7 Å². The summed E-state index contributed by atoms with van der Waals surface area (Å²) in [7, 11) is 0. The van der Waals surface area contributed by atoms with Gasteiger partial charge in [-0.3, -0.25) is 0 Å². The minimum atomic E-state index is 0.318. The van der Waals surface area contributed by atoms with E-state index in [1.165, 1.54) is 11.1 Å². The van der Waals surface area contributed by atoms with Crippen molar-refractivity contribution in [3.8, 4) is 5.75 Å². The van der Waals surface area contributed by atoms with Crippen molar-refractivity contribution in [1.29, 1.82) is 0 Å². The van der Waals surface area contributed by atoms with Gasteiger partial charge in [0.25, 0.3) is 0 Å². The number of hydrogen-bond donors (Lipinski definition) is 0. The number of ether oxygens (including phenoxy) is 1. The SMILES string of the molecule is Cc1ccc(C)c2c1OCC1CON=C21. The monoisotopic (exact) mass is 203 g/mol. The van der Waals surface area contributed by atoms with Crippen molar-refractivity contribution in [2.75, 3.05) is 13.2 Å². The number of nitrogens with zero attached hydrogens (tertiary/aromatic N) is 1. The molecule has 0 N–H and O–H groups in total. The number of benzene rings is 1. The van der Waals surface area contributed by atoms with Gasteiger partial charge in [0.05, 0.1) is 5.92 Å². The zero-order valence-electron chi connectivity index (χ0n) is 8.91. The van der Waals surface area contributed by atoms with Crippen LogP contribution in [0.25, 0.3) is 0 Å². The summed E-state index contributed by atoms with van der Waals surface area (Å²) in [5.74, 6) is 1.30. The van der Waals surface area contributed by atoms with E-state index in [0.29, 0.717) is 19.1 Å². The van der Waals surface area contributed by atoms with Crippen LogP contribution >= 0.6 is 0 Å². The topological polar surface area (TPSA) is 30.8 Å². The molecule has 15 heavy (non-hydrogen) atoms. The highest BCUT2D eigenvalue weighted by molar-refractivity contribution is 6.07. The van der Waals surface area contributed by atoms with E-state index in [1.54, 1.807) is 0 Å². The van der Waals surface area contributed by atoms with Crippen molar-refractivity contribution in [1.82, 2.24) is 0 Å². The lowest BCUT2D eigenvalue weighted by atomic mass is 9.90. The molecule has 0 aliphatic carbocycles. The summed E-state index contributed by atoms with van der Waals surface area (Å²) >= 11 is 0. The first-order valence-electron chi connectivity index (χ1n) is 5.20. The maximum Gasteiger partial charge on any atom is 0.131 e. The summed E-state index contributed by atoms with van der Waals surface area (Å²) in [6.45, 7) is 5.50. The molecule has 3 heteroatoms. The van der Waals surface area contributed by atoms with E-state index in [4.69, 9.17) is 9.57 Å². The van der Waals surface area contributed by atoms with Gasteiger partial charge >= 0.3 is 0 Å². The van der Waals surface area contributed by atoms with Gasteiger partial charge in [-0.25, -0.2) is 0 Å². The van der Waals surface area contributed by atoms with Crippen LogP contribution in [-0.2, 0) is 4.84 Å². The van der Waals surface area contributed by atoms with Gasteiger partial charge in [-0.2, -0.15) is 0 Å². The number of fused-ring (bicyclic) bond motifs is 3. The standard InChI is InChI=1S/C12H13NO2/c1-7-3-4-8(2)12-10(7)11-9(5-14-12)6-15-13-11/h3-4,9H,5-6H2,1-2H3. The summed E-state index contributed by atoms with van der Waals surface area (Å²) < 4.78 is 5.79. The third kappa shape index (κ3) is 1.16. The quantitative estimate of drug-likeness (QED) is 0.646. The summed E-state index contributed by atoms with van der Waals surface area (Å²) in [4.78, 5) is 5.15. The Morgan fingerprint density at radius 3 is 2.87 bits per heavy atom. The van der Waals surface area contributed by atoms with Crippen LogP contribution < -0.4 is 4.74 Å². The highest BCUT2D eigenvalue weighted by Crippen LogP contribution is 2.35. The van der Waals surface area contributed by atoms with Crippen LogP contribution in [0.4, 0.5) is 0 Å². The molecule has 1 aromatic rings. The summed E-state index contributed by atoms with van der Waals surface area (Å²) in [5.41, 5.74) is 4.59. The molecule has 1 aromatic carbocycles. The molecular formula is C12H13NO2. The van der Waals surface area contributed by atoms with Crippen molar-refractivity contribution in [2.24, 2.45) is 11.1 Å². The molecule has 78 valence electrons. The third-order valence-electron chi connectivity index (χ3n) is 3.07. The predicted octanol–water partition coefficient (Wildman–Crippen LogP) is 2.05. The fraction of sp³-hybridized carbons (Fsp3) is 0.417. The fourth-order valence-corrected chi connectivity index (χ4v) is 2.20. The van der Waals surface area contributed by atoms with Crippen LogP contribution in [0.15, 0.2) is 17.3 Å². The lowest BCUT2D eigenvalue weighted by molar-refractivity contribution is 0.136. The highest BCUT2D eigenvalue weighted by atomic mass is 16.6. The van der Waals surface area contributed by atoms with Gasteiger partial charge in [-0.15, -0.1) is 0 Å². The van der Waals surface area contributed by atoms with Crippen molar-refractivity contribution >= 4 is 5.71 Å². The fourth-order valence-electron chi connectivity index (χ4n) is 2.20.